The molecule has 0 saturated heterocycles. The van der Waals surface area contributed by atoms with E-state index in [9.17, 15) is 0 Å². The maximum atomic E-state index is 2.48. The molecule has 0 saturated carbocycles. The molecular weight excluding hydrogens is 773 g/mol. The van der Waals surface area contributed by atoms with Gasteiger partial charge in [0.15, 0.2) is 0 Å². The second-order valence-electron chi connectivity index (χ2n) is 21.9. The zero-order chi connectivity index (χ0) is 44.2. The van der Waals surface area contributed by atoms with Gasteiger partial charge in [-0.2, -0.15) is 0 Å². The zero-order valence-electron chi connectivity index (χ0n) is 38.9. The van der Waals surface area contributed by atoms with Gasteiger partial charge in [-0.05, 0) is 150 Å². The van der Waals surface area contributed by atoms with Crippen molar-refractivity contribution >= 4 is 43.6 Å². The van der Waals surface area contributed by atoms with Crippen LogP contribution >= 0.6 is 0 Å². The molecule has 2 heterocycles. The minimum absolute atomic E-state index is 0.0807. The van der Waals surface area contributed by atoms with E-state index in [1.807, 2.05) is 0 Å². The van der Waals surface area contributed by atoms with Gasteiger partial charge >= 0.3 is 0 Å². The largest absolute Gasteiger partial charge is 0.309 e. The van der Waals surface area contributed by atoms with Crippen molar-refractivity contribution in [3.05, 3.63) is 191 Å². The molecule has 0 fully saturated rings. The standard InChI is InChI=1S/C62H56N2/c1-59(2,3)39-21-29-57-49(33-39)47-15-11-13-17-55(47)63(57)41-23-27-45-43-25-19-37(31-51(43)61(7,8)53(45)35-41)38-20-26-44-46-28-24-42(36-54(46)62(9,10)52(44)32-38)64-56-18-14-12-16-48(56)50-34-40(60(4,5)6)22-30-58(50)64/h11-36H,1-10H3. The molecular formula is C62H56N2. The fraction of sp³-hybridized carbons (Fsp3) is 0.226. The van der Waals surface area contributed by atoms with Gasteiger partial charge in [-0.1, -0.05) is 154 Å². The van der Waals surface area contributed by atoms with Gasteiger partial charge in [0, 0.05) is 43.7 Å². The Morgan fingerprint density at radius 2 is 0.672 bits per heavy atom. The molecule has 12 rings (SSSR count). The molecule has 2 aromatic heterocycles. The summed E-state index contributed by atoms with van der Waals surface area (Å²) in [6, 6.07) is 60.6. The predicted octanol–water partition coefficient (Wildman–Crippen LogP) is 16.8. The van der Waals surface area contributed by atoms with Crippen molar-refractivity contribution in [3.63, 3.8) is 0 Å². The van der Waals surface area contributed by atoms with Crippen molar-refractivity contribution in [2.45, 2.75) is 90.9 Å². The van der Waals surface area contributed by atoms with Gasteiger partial charge in [-0.15, -0.1) is 0 Å². The lowest BCUT2D eigenvalue weighted by Crippen LogP contribution is -2.16. The van der Waals surface area contributed by atoms with Crippen molar-refractivity contribution in [2.75, 3.05) is 0 Å². The highest BCUT2D eigenvalue weighted by molar-refractivity contribution is 6.11. The third-order valence-corrected chi connectivity index (χ3v) is 15.2. The van der Waals surface area contributed by atoms with Crippen LogP contribution in [0.25, 0.3) is 88.4 Å². The summed E-state index contributed by atoms with van der Waals surface area (Å²) in [4.78, 5) is 0. The number of nitrogens with zero attached hydrogens (tertiary/aromatic N) is 2. The first-order valence-corrected chi connectivity index (χ1v) is 23.2. The van der Waals surface area contributed by atoms with E-state index < -0.39 is 0 Å². The number of rotatable bonds is 3. The highest BCUT2D eigenvalue weighted by Gasteiger charge is 2.38. The Balaban J connectivity index is 0.909. The highest BCUT2D eigenvalue weighted by Crippen LogP contribution is 2.53. The Labute approximate surface area is 377 Å². The Hall–Kier alpha value is -6.64. The van der Waals surface area contributed by atoms with Crippen LogP contribution in [0.5, 0.6) is 0 Å². The van der Waals surface area contributed by atoms with Crippen LogP contribution in [0.1, 0.15) is 103 Å². The summed E-state index contributed by atoms with van der Waals surface area (Å²) in [6.07, 6.45) is 0. The first kappa shape index (κ1) is 39.0. The van der Waals surface area contributed by atoms with Crippen LogP contribution in [0.2, 0.25) is 0 Å². The van der Waals surface area contributed by atoms with E-state index in [0.29, 0.717) is 0 Å². The SMILES string of the molecule is CC(C)(C)c1ccc2c(c1)c1ccccc1n2-c1ccc2c(c1)C(C)(C)c1cc(-c3ccc4c(c3)C(C)(C)c3cc(-n5c6ccccc6c6cc(C(C)(C)C)ccc65)ccc3-4)ccc1-2. The quantitative estimate of drug-likeness (QED) is 0.168. The number of hydrogen-bond donors (Lipinski definition) is 0. The van der Waals surface area contributed by atoms with E-state index in [2.05, 4.69) is 236 Å². The lowest BCUT2D eigenvalue weighted by Gasteiger charge is -2.24. The van der Waals surface area contributed by atoms with Crippen molar-refractivity contribution in [1.82, 2.24) is 9.13 Å². The van der Waals surface area contributed by atoms with Crippen LogP contribution < -0.4 is 0 Å². The van der Waals surface area contributed by atoms with E-state index >= 15 is 0 Å². The van der Waals surface area contributed by atoms with Crippen molar-refractivity contribution in [1.29, 1.82) is 0 Å². The predicted molar refractivity (Wildman–Crippen MR) is 273 cm³/mol. The molecule has 2 aliphatic carbocycles. The smallest absolute Gasteiger partial charge is 0.0541 e. The molecule has 2 nitrogen and oxygen atoms in total. The van der Waals surface area contributed by atoms with Gasteiger partial charge in [0.05, 0.1) is 22.1 Å². The molecule has 64 heavy (non-hydrogen) atoms. The van der Waals surface area contributed by atoms with Gasteiger partial charge in [0.2, 0.25) is 0 Å². The Morgan fingerprint density at radius 3 is 1.06 bits per heavy atom. The summed E-state index contributed by atoms with van der Waals surface area (Å²) in [7, 11) is 0. The molecule has 0 amide bonds. The van der Waals surface area contributed by atoms with Crippen molar-refractivity contribution < 1.29 is 0 Å². The molecule has 314 valence electrons. The summed E-state index contributed by atoms with van der Waals surface area (Å²) < 4.78 is 4.95. The van der Waals surface area contributed by atoms with Crippen molar-refractivity contribution in [3.8, 4) is 44.8 Å². The second kappa shape index (κ2) is 13.0. The van der Waals surface area contributed by atoms with E-state index in [4.69, 9.17) is 0 Å². The van der Waals surface area contributed by atoms with Crippen LogP contribution in [0.15, 0.2) is 158 Å². The average molecular weight is 829 g/mol. The lowest BCUT2D eigenvalue weighted by atomic mass is 9.80. The summed E-state index contributed by atoms with van der Waals surface area (Å²) in [5.74, 6) is 0. The number of fused-ring (bicyclic) bond motifs is 12. The molecule has 10 aromatic rings. The fourth-order valence-electron chi connectivity index (χ4n) is 11.5. The number of hydrogen-bond acceptors (Lipinski definition) is 0. The van der Waals surface area contributed by atoms with Crippen LogP contribution in [-0.4, -0.2) is 9.13 Å². The third kappa shape index (κ3) is 5.44. The molecule has 0 radical (unpaired) electrons. The first-order chi connectivity index (χ1) is 30.5. The van der Waals surface area contributed by atoms with Gasteiger partial charge in [0.25, 0.3) is 0 Å². The zero-order valence-corrected chi connectivity index (χ0v) is 38.9. The summed E-state index contributed by atoms with van der Waals surface area (Å²) in [6.45, 7) is 23.4. The second-order valence-corrected chi connectivity index (χ2v) is 21.9. The molecule has 0 unspecified atom stereocenters. The molecule has 2 aliphatic rings. The minimum atomic E-state index is -0.168. The molecule has 0 aliphatic heterocycles. The lowest BCUT2D eigenvalue weighted by molar-refractivity contribution is 0.591. The fourth-order valence-corrected chi connectivity index (χ4v) is 11.5. The van der Waals surface area contributed by atoms with E-state index in [-0.39, 0.29) is 21.7 Å². The van der Waals surface area contributed by atoms with Gasteiger partial charge in [-0.3, -0.25) is 0 Å². The Bertz CT molecular complexity index is 3380. The number of benzene rings is 8. The highest BCUT2D eigenvalue weighted by atomic mass is 15.0. The van der Waals surface area contributed by atoms with Crippen LogP contribution in [0, 0.1) is 0 Å². The van der Waals surface area contributed by atoms with Gasteiger partial charge in [-0.25, -0.2) is 0 Å². The van der Waals surface area contributed by atoms with Crippen LogP contribution in [0.4, 0.5) is 0 Å². The van der Waals surface area contributed by atoms with Gasteiger partial charge < -0.3 is 9.13 Å². The third-order valence-electron chi connectivity index (χ3n) is 15.2. The molecule has 0 atom stereocenters. The first-order valence-electron chi connectivity index (χ1n) is 23.2. The summed E-state index contributed by atoms with van der Waals surface area (Å²) >= 11 is 0. The van der Waals surface area contributed by atoms with E-state index in [1.165, 1.54) is 122 Å². The molecule has 2 heteroatoms. The van der Waals surface area contributed by atoms with E-state index in [1.54, 1.807) is 0 Å². The summed E-state index contributed by atoms with van der Waals surface area (Å²) in [5, 5.41) is 5.23. The molecule has 8 aromatic carbocycles. The monoisotopic (exact) mass is 828 g/mol. The van der Waals surface area contributed by atoms with Gasteiger partial charge in [0.1, 0.15) is 0 Å². The summed E-state index contributed by atoms with van der Waals surface area (Å²) in [5.41, 5.74) is 23.4. The number of aromatic nitrogens is 2. The molecule has 0 bridgehead atoms. The molecule has 0 spiro atoms. The maximum absolute atomic E-state index is 2.48. The van der Waals surface area contributed by atoms with Crippen molar-refractivity contribution in [2.24, 2.45) is 0 Å². The molecule has 0 N–H and O–H groups in total. The minimum Gasteiger partial charge on any atom is -0.309 e. The maximum Gasteiger partial charge on any atom is 0.0541 e. The Morgan fingerprint density at radius 1 is 0.328 bits per heavy atom. The van der Waals surface area contributed by atoms with E-state index in [0.717, 1.165) is 0 Å². The van der Waals surface area contributed by atoms with Crippen LogP contribution in [0.3, 0.4) is 0 Å². The number of para-hydroxylation sites is 2. The topological polar surface area (TPSA) is 9.86 Å². The normalized spacial score (nSPS) is 15.0. The Kier molecular flexibility index (Phi) is 7.91. The van der Waals surface area contributed by atoms with Crippen LogP contribution in [-0.2, 0) is 21.7 Å². The average Bonchev–Trinajstić information content (AvgIpc) is 3.93.